The number of hydrogen-bond acceptors (Lipinski definition) is 1. The highest BCUT2D eigenvalue weighted by atomic mass is 16.3. The van der Waals surface area contributed by atoms with Crippen molar-refractivity contribution in [3.05, 3.63) is 35.9 Å². The van der Waals surface area contributed by atoms with E-state index in [2.05, 4.69) is 31.2 Å². The van der Waals surface area contributed by atoms with Crippen molar-refractivity contribution in [2.24, 2.45) is 5.92 Å². The molecule has 15 heavy (non-hydrogen) atoms. The SMILES string of the molecule is CC1CC(O)(CCCc2ccccc2)C1. The molecule has 1 saturated carbocycles. The highest BCUT2D eigenvalue weighted by molar-refractivity contribution is 5.14. The summed E-state index contributed by atoms with van der Waals surface area (Å²) in [6.07, 6.45) is 5.17. The van der Waals surface area contributed by atoms with E-state index in [4.69, 9.17) is 0 Å². The molecule has 1 fully saturated rings. The summed E-state index contributed by atoms with van der Waals surface area (Å²) < 4.78 is 0. The zero-order valence-corrected chi connectivity index (χ0v) is 9.45. The van der Waals surface area contributed by atoms with Crippen molar-refractivity contribution in [2.75, 3.05) is 0 Å². The van der Waals surface area contributed by atoms with Crippen LogP contribution in [0.5, 0.6) is 0 Å². The van der Waals surface area contributed by atoms with Gasteiger partial charge in [0, 0.05) is 0 Å². The van der Waals surface area contributed by atoms with Gasteiger partial charge in [0.25, 0.3) is 0 Å². The van der Waals surface area contributed by atoms with Gasteiger partial charge in [0.05, 0.1) is 5.60 Å². The number of rotatable bonds is 4. The standard InChI is InChI=1S/C14H20O/c1-12-10-14(15,11-12)9-5-8-13-6-3-2-4-7-13/h2-4,6-7,12,15H,5,8-11H2,1H3. The third-order valence-corrected chi connectivity index (χ3v) is 3.41. The lowest BCUT2D eigenvalue weighted by Gasteiger charge is -2.42. The first-order valence-electron chi connectivity index (χ1n) is 5.94. The lowest BCUT2D eigenvalue weighted by atomic mass is 9.69. The van der Waals surface area contributed by atoms with Gasteiger partial charge in [-0.1, -0.05) is 37.3 Å². The largest absolute Gasteiger partial charge is 0.390 e. The predicted octanol–water partition coefficient (Wildman–Crippen LogP) is 3.17. The summed E-state index contributed by atoms with van der Waals surface area (Å²) >= 11 is 0. The van der Waals surface area contributed by atoms with Crippen molar-refractivity contribution in [1.29, 1.82) is 0 Å². The van der Waals surface area contributed by atoms with E-state index in [0.29, 0.717) is 0 Å². The molecule has 0 heterocycles. The van der Waals surface area contributed by atoms with E-state index in [0.717, 1.165) is 38.0 Å². The van der Waals surface area contributed by atoms with Crippen molar-refractivity contribution in [3.63, 3.8) is 0 Å². The molecule has 1 aliphatic carbocycles. The lowest BCUT2D eigenvalue weighted by molar-refractivity contribution is -0.0746. The van der Waals surface area contributed by atoms with Gasteiger partial charge < -0.3 is 5.11 Å². The number of aryl methyl sites for hydroxylation is 1. The van der Waals surface area contributed by atoms with Gasteiger partial charge in [0.1, 0.15) is 0 Å². The van der Waals surface area contributed by atoms with E-state index < -0.39 is 0 Å². The normalized spacial score (nSPS) is 29.9. The molecule has 1 nitrogen and oxygen atoms in total. The maximum absolute atomic E-state index is 10.1. The van der Waals surface area contributed by atoms with Crippen LogP contribution in [0.3, 0.4) is 0 Å². The van der Waals surface area contributed by atoms with Gasteiger partial charge >= 0.3 is 0 Å². The van der Waals surface area contributed by atoms with Gasteiger partial charge in [-0.2, -0.15) is 0 Å². The third kappa shape index (κ3) is 2.82. The molecular formula is C14H20O. The molecule has 1 N–H and O–H groups in total. The number of hydrogen-bond donors (Lipinski definition) is 1. The Bertz CT molecular complexity index is 298. The Balaban J connectivity index is 1.72. The van der Waals surface area contributed by atoms with Crippen LogP contribution >= 0.6 is 0 Å². The average Bonchev–Trinajstić information content (AvgIpc) is 2.17. The summed E-state index contributed by atoms with van der Waals surface area (Å²) in [5, 5.41) is 10.1. The molecule has 0 amide bonds. The molecule has 1 aromatic rings. The fourth-order valence-corrected chi connectivity index (χ4v) is 2.71. The first-order chi connectivity index (χ1) is 7.18. The van der Waals surface area contributed by atoms with Crippen LogP contribution in [0.1, 0.15) is 38.2 Å². The third-order valence-electron chi connectivity index (χ3n) is 3.41. The molecule has 0 atom stereocenters. The molecular weight excluding hydrogens is 184 g/mol. The topological polar surface area (TPSA) is 20.2 Å². The Hall–Kier alpha value is -0.820. The van der Waals surface area contributed by atoms with Crippen LogP contribution in [0.15, 0.2) is 30.3 Å². The van der Waals surface area contributed by atoms with E-state index in [9.17, 15) is 5.11 Å². The molecule has 1 aliphatic rings. The predicted molar refractivity (Wildman–Crippen MR) is 62.7 cm³/mol. The molecule has 0 radical (unpaired) electrons. The van der Waals surface area contributed by atoms with Crippen molar-refractivity contribution in [1.82, 2.24) is 0 Å². The second-order valence-corrected chi connectivity index (χ2v) is 5.08. The molecule has 0 aliphatic heterocycles. The monoisotopic (exact) mass is 204 g/mol. The second kappa shape index (κ2) is 4.36. The molecule has 1 heteroatoms. The van der Waals surface area contributed by atoms with E-state index in [1.54, 1.807) is 0 Å². The second-order valence-electron chi connectivity index (χ2n) is 5.08. The zero-order chi connectivity index (χ0) is 10.7. The summed E-state index contributed by atoms with van der Waals surface area (Å²) in [6, 6.07) is 10.5. The quantitative estimate of drug-likeness (QED) is 0.798. The Kier molecular flexibility index (Phi) is 3.11. The Morgan fingerprint density at radius 2 is 1.93 bits per heavy atom. The van der Waals surface area contributed by atoms with Gasteiger partial charge in [-0.05, 0) is 43.6 Å². The molecule has 0 unspecified atom stereocenters. The molecule has 0 aromatic heterocycles. The lowest BCUT2D eigenvalue weighted by Crippen LogP contribution is -2.42. The zero-order valence-electron chi connectivity index (χ0n) is 9.45. The van der Waals surface area contributed by atoms with Crippen molar-refractivity contribution < 1.29 is 5.11 Å². The summed E-state index contributed by atoms with van der Waals surface area (Å²) in [7, 11) is 0. The first kappa shape index (κ1) is 10.7. The fourth-order valence-electron chi connectivity index (χ4n) is 2.71. The average molecular weight is 204 g/mol. The highest BCUT2D eigenvalue weighted by Gasteiger charge is 2.39. The minimum Gasteiger partial charge on any atom is -0.390 e. The van der Waals surface area contributed by atoms with Crippen molar-refractivity contribution >= 4 is 0 Å². The highest BCUT2D eigenvalue weighted by Crippen LogP contribution is 2.40. The number of benzene rings is 1. The summed E-state index contributed by atoms with van der Waals surface area (Å²) in [6.45, 7) is 2.21. The van der Waals surface area contributed by atoms with E-state index in [1.807, 2.05) is 6.07 Å². The Labute approximate surface area is 92.1 Å². The van der Waals surface area contributed by atoms with Gasteiger partial charge in [-0.15, -0.1) is 0 Å². The van der Waals surface area contributed by atoms with Crippen LogP contribution in [-0.2, 0) is 6.42 Å². The molecule has 2 rings (SSSR count). The van der Waals surface area contributed by atoms with Gasteiger partial charge in [0.15, 0.2) is 0 Å². The number of aliphatic hydroxyl groups is 1. The summed E-state index contributed by atoms with van der Waals surface area (Å²) in [5.74, 6) is 0.728. The van der Waals surface area contributed by atoms with E-state index in [1.165, 1.54) is 5.56 Å². The molecule has 0 saturated heterocycles. The minimum absolute atomic E-state index is 0.325. The Morgan fingerprint density at radius 3 is 2.53 bits per heavy atom. The van der Waals surface area contributed by atoms with Crippen LogP contribution in [0, 0.1) is 5.92 Å². The van der Waals surface area contributed by atoms with Gasteiger partial charge in [-0.25, -0.2) is 0 Å². The van der Waals surface area contributed by atoms with E-state index >= 15 is 0 Å². The summed E-state index contributed by atoms with van der Waals surface area (Å²) in [5.41, 5.74) is 1.06. The first-order valence-corrected chi connectivity index (χ1v) is 5.94. The van der Waals surface area contributed by atoms with Gasteiger partial charge in [0.2, 0.25) is 0 Å². The van der Waals surface area contributed by atoms with Crippen LogP contribution in [0.2, 0.25) is 0 Å². The Morgan fingerprint density at radius 1 is 1.27 bits per heavy atom. The van der Waals surface area contributed by atoms with E-state index in [-0.39, 0.29) is 5.60 Å². The molecule has 1 aromatic carbocycles. The van der Waals surface area contributed by atoms with Crippen LogP contribution in [0.4, 0.5) is 0 Å². The molecule has 82 valence electrons. The summed E-state index contributed by atoms with van der Waals surface area (Å²) in [4.78, 5) is 0. The maximum Gasteiger partial charge on any atom is 0.0653 e. The van der Waals surface area contributed by atoms with Crippen LogP contribution < -0.4 is 0 Å². The van der Waals surface area contributed by atoms with Crippen LogP contribution in [0.25, 0.3) is 0 Å². The fraction of sp³-hybridized carbons (Fsp3) is 0.571. The smallest absolute Gasteiger partial charge is 0.0653 e. The maximum atomic E-state index is 10.1. The molecule has 0 bridgehead atoms. The van der Waals surface area contributed by atoms with Crippen molar-refractivity contribution in [2.45, 2.75) is 44.6 Å². The minimum atomic E-state index is -0.325. The van der Waals surface area contributed by atoms with Crippen LogP contribution in [-0.4, -0.2) is 10.7 Å². The molecule has 0 spiro atoms. The van der Waals surface area contributed by atoms with Crippen molar-refractivity contribution in [3.8, 4) is 0 Å². The van der Waals surface area contributed by atoms with Gasteiger partial charge in [-0.3, -0.25) is 0 Å².